The third kappa shape index (κ3) is 2.31. The van der Waals surface area contributed by atoms with E-state index in [4.69, 9.17) is 5.11 Å². The van der Waals surface area contributed by atoms with E-state index >= 15 is 0 Å². The third-order valence-corrected chi connectivity index (χ3v) is 1.82. The summed E-state index contributed by atoms with van der Waals surface area (Å²) >= 11 is 0. The molecule has 0 fully saturated rings. The molecule has 78 valence electrons. The minimum Gasteiger partial charge on any atom is -0.481 e. The SMILES string of the molecule is Cc1[nH]c(CC(=O)O)nc1C(C)(C)F. The van der Waals surface area contributed by atoms with Crippen LogP contribution in [-0.2, 0) is 16.9 Å². The quantitative estimate of drug-likeness (QED) is 0.777. The number of carboxylic acid groups (broad SMARTS) is 1. The van der Waals surface area contributed by atoms with Crippen LogP contribution in [0.1, 0.15) is 31.1 Å². The van der Waals surface area contributed by atoms with Crippen LogP contribution >= 0.6 is 0 Å². The Hall–Kier alpha value is -1.39. The Morgan fingerprint density at radius 3 is 2.57 bits per heavy atom. The van der Waals surface area contributed by atoms with Crippen molar-refractivity contribution in [1.29, 1.82) is 0 Å². The van der Waals surface area contributed by atoms with Gasteiger partial charge in [0.15, 0.2) is 0 Å². The normalized spacial score (nSPS) is 11.7. The Kier molecular flexibility index (Phi) is 2.59. The summed E-state index contributed by atoms with van der Waals surface area (Å²) in [7, 11) is 0. The van der Waals surface area contributed by atoms with Gasteiger partial charge in [-0.05, 0) is 20.8 Å². The van der Waals surface area contributed by atoms with Gasteiger partial charge in [-0.3, -0.25) is 4.79 Å². The highest BCUT2D eigenvalue weighted by atomic mass is 19.1. The van der Waals surface area contributed by atoms with E-state index in [2.05, 4.69) is 9.97 Å². The van der Waals surface area contributed by atoms with Crippen molar-refractivity contribution in [3.8, 4) is 0 Å². The number of aliphatic carboxylic acids is 1. The van der Waals surface area contributed by atoms with Crippen LogP contribution in [0.2, 0.25) is 0 Å². The van der Waals surface area contributed by atoms with Gasteiger partial charge in [0, 0.05) is 5.69 Å². The lowest BCUT2D eigenvalue weighted by Crippen LogP contribution is -2.11. The molecule has 0 unspecified atom stereocenters. The molecule has 2 N–H and O–H groups in total. The lowest BCUT2D eigenvalue weighted by Gasteiger charge is -2.11. The summed E-state index contributed by atoms with van der Waals surface area (Å²) in [5.41, 5.74) is -0.695. The number of alkyl halides is 1. The Morgan fingerprint density at radius 1 is 1.64 bits per heavy atom. The number of carbonyl (C=O) groups is 1. The highest BCUT2D eigenvalue weighted by Crippen LogP contribution is 2.25. The molecule has 0 bridgehead atoms. The second-order valence-corrected chi connectivity index (χ2v) is 3.70. The van der Waals surface area contributed by atoms with Crippen molar-refractivity contribution in [2.45, 2.75) is 32.9 Å². The van der Waals surface area contributed by atoms with Gasteiger partial charge < -0.3 is 10.1 Å². The average molecular weight is 200 g/mol. The monoisotopic (exact) mass is 200 g/mol. The molecule has 0 aromatic carbocycles. The minimum absolute atomic E-state index is 0.211. The summed E-state index contributed by atoms with van der Waals surface area (Å²) in [6, 6.07) is 0. The summed E-state index contributed by atoms with van der Waals surface area (Å²) < 4.78 is 13.5. The molecule has 4 nitrogen and oxygen atoms in total. The van der Waals surface area contributed by atoms with Crippen LogP contribution < -0.4 is 0 Å². The Morgan fingerprint density at radius 2 is 2.21 bits per heavy atom. The molecule has 14 heavy (non-hydrogen) atoms. The van der Waals surface area contributed by atoms with Gasteiger partial charge in [-0.25, -0.2) is 9.37 Å². The number of carboxylic acids is 1. The van der Waals surface area contributed by atoms with Crippen LogP contribution in [-0.4, -0.2) is 21.0 Å². The van der Waals surface area contributed by atoms with E-state index in [-0.39, 0.29) is 17.9 Å². The van der Waals surface area contributed by atoms with E-state index in [0.29, 0.717) is 5.69 Å². The number of nitrogens with zero attached hydrogens (tertiary/aromatic N) is 1. The Labute approximate surface area is 81.2 Å². The molecular formula is C9H13FN2O2. The predicted molar refractivity (Wildman–Crippen MR) is 48.8 cm³/mol. The number of rotatable bonds is 3. The molecule has 0 spiro atoms. The maximum atomic E-state index is 13.5. The number of H-pyrrole nitrogens is 1. The number of imidazole rings is 1. The predicted octanol–water partition coefficient (Wildman–Crippen LogP) is 1.55. The van der Waals surface area contributed by atoms with Crippen molar-refractivity contribution in [1.82, 2.24) is 9.97 Å². The summed E-state index contributed by atoms with van der Waals surface area (Å²) in [6.45, 7) is 4.45. The molecule has 5 heteroatoms. The molecule has 0 radical (unpaired) electrons. The first kappa shape index (κ1) is 10.7. The van der Waals surface area contributed by atoms with E-state index in [0.717, 1.165) is 0 Å². The average Bonchev–Trinajstić information content (AvgIpc) is 2.27. The zero-order chi connectivity index (χ0) is 10.9. The van der Waals surface area contributed by atoms with Crippen LogP contribution in [0.25, 0.3) is 0 Å². The molecule has 1 heterocycles. The second kappa shape index (κ2) is 3.40. The van der Waals surface area contributed by atoms with Crippen molar-refractivity contribution < 1.29 is 14.3 Å². The fraction of sp³-hybridized carbons (Fsp3) is 0.556. The molecule has 1 aromatic heterocycles. The van der Waals surface area contributed by atoms with Crippen molar-refractivity contribution in [2.75, 3.05) is 0 Å². The molecule has 0 saturated heterocycles. The molecule has 0 saturated carbocycles. The second-order valence-electron chi connectivity index (χ2n) is 3.70. The molecule has 0 aliphatic heterocycles. The molecule has 1 aromatic rings. The van der Waals surface area contributed by atoms with E-state index in [1.807, 2.05) is 0 Å². The van der Waals surface area contributed by atoms with Crippen LogP contribution in [0.15, 0.2) is 0 Å². The third-order valence-electron chi connectivity index (χ3n) is 1.82. The zero-order valence-corrected chi connectivity index (χ0v) is 8.39. The van der Waals surface area contributed by atoms with Gasteiger partial charge in [0.2, 0.25) is 0 Å². The maximum Gasteiger partial charge on any atom is 0.311 e. The van der Waals surface area contributed by atoms with Gasteiger partial charge in [0.1, 0.15) is 17.9 Å². The lowest BCUT2D eigenvalue weighted by molar-refractivity contribution is -0.136. The van der Waals surface area contributed by atoms with Gasteiger partial charge >= 0.3 is 5.97 Å². The fourth-order valence-corrected chi connectivity index (χ4v) is 1.33. The summed E-state index contributed by atoms with van der Waals surface area (Å²) in [5.74, 6) is -0.697. The number of aromatic amines is 1. The first-order valence-corrected chi connectivity index (χ1v) is 4.27. The van der Waals surface area contributed by atoms with E-state index in [1.54, 1.807) is 6.92 Å². The summed E-state index contributed by atoms with van der Waals surface area (Å²) in [5, 5.41) is 8.52. The minimum atomic E-state index is -1.54. The standard InChI is InChI=1S/C9H13FN2O2/c1-5-8(9(2,3)10)12-6(11-5)4-7(13)14/h4H2,1-3H3,(H,11,12)(H,13,14). The number of hydrogen-bond donors (Lipinski definition) is 2. The van der Waals surface area contributed by atoms with Crippen molar-refractivity contribution in [3.63, 3.8) is 0 Å². The van der Waals surface area contributed by atoms with Crippen LogP contribution in [0.5, 0.6) is 0 Å². The maximum absolute atomic E-state index is 13.5. The first-order chi connectivity index (χ1) is 6.30. The molecule has 0 atom stereocenters. The van der Waals surface area contributed by atoms with Crippen molar-refractivity contribution in [2.24, 2.45) is 0 Å². The molecule has 1 rings (SSSR count). The van der Waals surface area contributed by atoms with Crippen LogP contribution in [0.3, 0.4) is 0 Å². The van der Waals surface area contributed by atoms with Gasteiger partial charge in [0.05, 0.1) is 5.69 Å². The molecule has 0 aliphatic rings. The fourth-order valence-electron chi connectivity index (χ4n) is 1.33. The van der Waals surface area contributed by atoms with E-state index in [9.17, 15) is 9.18 Å². The smallest absolute Gasteiger partial charge is 0.311 e. The van der Waals surface area contributed by atoms with Crippen molar-refractivity contribution in [3.05, 3.63) is 17.2 Å². The highest BCUT2D eigenvalue weighted by molar-refractivity contribution is 5.69. The Bertz CT molecular complexity index is 352. The van der Waals surface area contributed by atoms with E-state index in [1.165, 1.54) is 13.8 Å². The molecule has 0 aliphatic carbocycles. The lowest BCUT2D eigenvalue weighted by atomic mass is 10.1. The van der Waals surface area contributed by atoms with Crippen LogP contribution in [0, 0.1) is 6.92 Å². The van der Waals surface area contributed by atoms with Crippen LogP contribution in [0.4, 0.5) is 4.39 Å². The van der Waals surface area contributed by atoms with Crippen molar-refractivity contribution >= 4 is 5.97 Å². The number of aromatic nitrogens is 2. The zero-order valence-electron chi connectivity index (χ0n) is 8.39. The number of halogens is 1. The van der Waals surface area contributed by atoms with Gasteiger partial charge in [-0.15, -0.1) is 0 Å². The van der Waals surface area contributed by atoms with Gasteiger partial charge in [0.25, 0.3) is 0 Å². The summed E-state index contributed by atoms with van der Waals surface area (Å²) in [4.78, 5) is 17.0. The largest absolute Gasteiger partial charge is 0.481 e. The highest BCUT2D eigenvalue weighted by Gasteiger charge is 2.25. The number of aryl methyl sites for hydroxylation is 1. The number of nitrogens with one attached hydrogen (secondary N) is 1. The van der Waals surface area contributed by atoms with Gasteiger partial charge in [-0.1, -0.05) is 0 Å². The van der Waals surface area contributed by atoms with Gasteiger partial charge in [-0.2, -0.15) is 0 Å². The number of hydrogen-bond acceptors (Lipinski definition) is 2. The Balaban J connectivity index is 2.99. The molecule has 0 amide bonds. The topological polar surface area (TPSA) is 66.0 Å². The first-order valence-electron chi connectivity index (χ1n) is 4.27. The van der Waals surface area contributed by atoms with E-state index < -0.39 is 11.6 Å². The molecular weight excluding hydrogens is 187 g/mol. The summed E-state index contributed by atoms with van der Waals surface area (Å²) in [6.07, 6.45) is -0.211.